The van der Waals surface area contributed by atoms with Crippen molar-refractivity contribution in [3.8, 4) is 0 Å². The molecule has 1 atom stereocenters. The maximum absolute atomic E-state index is 8.58. The molecule has 0 fully saturated rings. The number of nitrogens with zero attached hydrogens (tertiary/aromatic N) is 1. The Kier molecular flexibility index (Phi) is 2.80. The molecule has 0 aromatic carbocycles. The van der Waals surface area contributed by atoms with Crippen LogP contribution in [0.3, 0.4) is 0 Å². The van der Waals surface area contributed by atoms with Gasteiger partial charge in [0.15, 0.2) is 5.37 Å². The summed E-state index contributed by atoms with van der Waals surface area (Å²) in [5.74, 6) is 0. The van der Waals surface area contributed by atoms with E-state index in [0.29, 0.717) is 4.48 Å². The van der Waals surface area contributed by atoms with Crippen molar-refractivity contribution in [1.82, 2.24) is 0 Å². The Balaban J connectivity index is 3.62. The quantitative estimate of drug-likeness (QED) is 0.309. The van der Waals surface area contributed by atoms with Gasteiger partial charge in [-0.15, -0.1) is 12.6 Å². The summed E-state index contributed by atoms with van der Waals surface area (Å²) in [4.78, 5) is 0. The first kappa shape index (κ1) is 8.27. The number of likely N-dealkylation sites (N-methyl/N-ethyl adjacent to an activating group) is 1. The molecule has 0 radical (unpaired) electrons. The lowest BCUT2D eigenvalue weighted by Crippen LogP contribution is -2.43. The van der Waals surface area contributed by atoms with E-state index in [9.17, 15) is 0 Å². The third kappa shape index (κ3) is 2.55. The van der Waals surface area contributed by atoms with Crippen molar-refractivity contribution in [2.45, 2.75) is 5.37 Å². The molecule has 1 unspecified atom stereocenters. The Morgan fingerprint density at radius 3 is 1.88 bits per heavy atom. The normalized spacial score (nSPS) is 16.1. The second-order valence-electron chi connectivity index (χ2n) is 2.78. The molecule has 0 aromatic rings. The van der Waals surface area contributed by atoms with Gasteiger partial charge in [0.05, 0.1) is 21.1 Å². The van der Waals surface area contributed by atoms with Crippen LogP contribution in [-0.2, 0) is 0 Å². The Bertz CT molecular complexity index is 69.3. The zero-order valence-corrected chi connectivity index (χ0v) is 6.52. The summed E-state index contributed by atoms with van der Waals surface area (Å²) >= 11 is 4.13. The van der Waals surface area contributed by atoms with E-state index in [1.54, 1.807) is 0 Å². The first-order valence-electron chi connectivity index (χ1n) is 2.58. The number of hydrogen-bond donors (Lipinski definition) is 2. The van der Waals surface area contributed by atoms with Crippen LogP contribution in [0.15, 0.2) is 0 Å². The number of rotatable bonds is 2. The first-order valence-corrected chi connectivity index (χ1v) is 3.10. The van der Waals surface area contributed by atoms with E-state index in [1.807, 2.05) is 21.1 Å². The molecule has 0 aromatic heterocycles. The molecule has 0 spiro atoms. The molecular weight excluding hydrogens is 122 g/mol. The topological polar surface area (TPSA) is 20.2 Å². The molecule has 0 aliphatic carbocycles. The molecule has 50 valence electrons. The summed E-state index contributed by atoms with van der Waals surface area (Å²) in [6.45, 7) is 0.132. The number of hydrogen-bond acceptors (Lipinski definition) is 2. The predicted molar refractivity (Wildman–Crippen MR) is 37.9 cm³/mol. The van der Waals surface area contributed by atoms with Gasteiger partial charge in [0.25, 0.3) is 0 Å². The smallest absolute Gasteiger partial charge is 0.155 e. The summed E-state index contributed by atoms with van der Waals surface area (Å²) in [5.41, 5.74) is 0. The fraction of sp³-hybridized carbons (Fsp3) is 1.00. The van der Waals surface area contributed by atoms with Crippen molar-refractivity contribution >= 4 is 12.6 Å². The molecule has 0 bridgehead atoms. The van der Waals surface area contributed by atoms with Crippen molar-refractivity contribution in [1.29, 1.82) is 0 Å². The minimum atomic E-state index is 0.0370. The third-order valence-electron chi connectivity index (χ3n) is 1.06. The molecular formula is C5H14NOS+. The fourth-order valence-electron chi connectivity index (χ4n) is 0.245. The van der Waals surface area contributed by atoms with Gasteiger partial charge in [0.1, 0.15) is 6.61 Å². The first-order chi connectivity index (χ1) is 3.48. The lowest BCUT2D eigenvalue weighted by atomic mass is 10.5. The molecule has 0 heterocycles. The van der Waals surface area contributed by atoms with Gasteiger partial charge in [0.2, 0.25) is 0 Å². The molecule has 0 aliphatic heterocycles. The maximum atomic E-state index is 8.58. The average molecular weight is 136 g/mol. The minimum absolute atomic E-state index is 0.0370. The van der Waals surface area contributed by atoms with E-state index in [-0.39, 0.29) is 12.0 Å². The van der Waals surface area contributed by atoms with E-state index in [2.05, 4.69) is 12.6 Å². The van der Waals surface area contributed by atoms with Crippen LogP contribution in [0.4, 0.5) is 0 Å². The van der Waals surface area contributed by atoms with Gasteiger partial charge in [-0.3, -0.25) is 0 Å². The standard InChI is InChI=1S/C5H13NOS/c1-6(2,3)5(8)4-7/h5,7H,4H2,1-3H3/p+1. The van der Waals surface area contributed by atoms with E-state index >= 15 is 0 Å². The molecule has 0 amide bonds. The van der Waals surface area contributed by atoms with Crippen molar-refractivity contribution in [2.24, 2.45) is 0 Å². The molecule has 0 saturated carbocycles. The molecule has 0 saturated heterocycles. The number of thiol groups is 1. The SMILES string of the molecule is C[N+](C)(C)C(S)CO. The molecule has 8 heavy (non-hydrogen) atoms. The average Bonchev–Trinajstić information content (AvgIpc) is 1.62. The van der Waals surface area contributed by atoms with Crippen LogP contribution in [0.25, 0.3) is 0 Å². The Labute approximate surface area is 56.1 Å². The van der Waals surface area contributed by atoms with Crippen LogP contribution in [0.5, 0.6) is 0 Å². The Hall–Kier alpha value is 0.270. The van der Waals surface area contributed by atoms with Gasteiger partial charge in [-0.05, 0) is 0 Å². The van der Waals surface area contributed by atoms with Crippen LogP contribution in [-0.4, -0.2) is 42.7 Å². The fourth-order valence-corrected chi connectivity index (χ4v) is 0.245. The molecule has 1 N–H and O–H groups in total. The van der Waals surface area contributed by atoms with E-state index in [1.165, 1.54) is 0 Å². The van der Waals surface area contributed by atoms with Crippen LogP contribution >= 0.6 is 12.6 Å². The third-order valence-corrected chi connectivity index (χ3v) is 1.91. The minimum Gasteiger partial charge on any atom is -0.389 e. The second-order valence-corrected chi connectivity index (χ2v) is 3.38. The lowest BCUT2D eigenvalue weighted by Gasteiger charge is -2.28. The van der Waals surface area contributed by atoms with Crippen molar-refractivity contribution < 1.29 is 9.59 Å². The van der Waals surface area contributed by atoms with Gasteiger partial charge in [0, 0.05) is 0 Å². The summed E-state index contributed by atoms with van der Waals surface area (Å²) in [5, 5.41) is 8.62. The molecule has 0 rings (SSSR count). The second kappa shape index (κ2) is 2.71. The Morgan fingerprint density at radius 1 is 1.50 bits per heavy atom. The summed E-state index contributed by atoms with van der Waals surface area (Å²) in [6.07, 6.45) is 0. The zero-order valence-electron chi connectivity index (χ0n) is 5.63. The highest BCUT2D eigenvalue weighted by Crippen LogP contribution is 2.04. The highest BCUT2D eigenvalue weighted by molar-refractivity contribution is 7.80. The lowest BCUT2D eigenvalue weighted by molar-refractivity contribution is -0.880. The van der Waals surface area contributed by atoms with E-state index in [0.717, 1.165) is 0 Å². The van der Waals surface area contributed by atoms with Gasteiger partial charge in [-0.25, -0.2) is 0 Å². The van der Waals surface area contributed by atoms with Crippen molar-refractivity contribution in [3.05, 3.63) is 0 Å². The van der Waals surface area contributed by atoms with E-state index < -0.39 is 0 Å². The number of quaternary nitrogens is 1. The van der Waals surface area contributed by atoms with Gasteiger partial charge in [-0.1, -0.05) is 0 Å². The van der Waals surface area contributed by atoms with Gasteiger partial charge >= 0.3 is 0 Å². The van der Waals surface area contributed by atoms with Crippen molar-refractivity contribution in [2.75, 3.05) is 27.7 Å². The summed E-state index contributed by atoms with van der Waals surface area (Å²) < 4.78 is 0.694. The van der Waals surface area contributed by atoms with Gasteiger partial charge in [-0.2, -0.15) is 0 Å². The molecule has 2 nitrogen and oxygen atoms in total. The van der Waals surface area contributed by atoms with Crippen LogP contribution < -0.4 is 0 Å². The Morgan fingerprint density at radius 2 is 1.88 bits per heavy atom. The zero-order chi connectivity index (χ0) is 6.78. The number of aliphatic hydroxyl groups excluding tert-OH is 1. The van der Waals surface area contributed by atoms with Crippen LogP contribution in [0.2, 0.25) is 0 Å². The predicted octanol–water partition coefficient (Wildman–Crippen LogP) is -0.0592. The monoisotopic (exact) mass is 136 g/mol. The highest BCUT2D eigenvalue weighted by atomic mass is 32.1. The molecule has 0 aliphatic rings. The largest absolute Gasteiger partial charge is 0.389 e. The van der Waals surface area contributed by atoms with Gasteiger partial charge < -0.3 is 9.59 Å². The maximum Gasteiger partial charge on any atom is 0.155 e. The molecule has 3 heteroatoms. The van der Waals surface area contributed by atoms with Crippen molar-refractivity contribution in [3.63, 3.8) is 0 Å². The summed E-state index contributed by atoms with van der Waals surface area (Å²) in [7, 11) is 5.98. The van der Waals surface area contributed by atoms with E-state index in [4.69, 9.17) is 5.11 Å². The van der Waals surface area contributed by atoms with Crippen LogP contribution in [0, 0.1) is 0 Å². The number of aliphatic hydroxyl groups is 1. The highest BCUT2D eigenvalue weighted by Gasteiger charge is 2.16. The van der Waals surface area contributed by atoms with Crippen LogP contribution in [0.1, 0.15) is 0 Å². The summed E-state index contributed by atoms with van der Waals surface area (Å²) in [6, 6.07) is 0.